The van der Waals surface area contributed by atoms with Crippen molar-refractivity contribution in [3.05, 3.63) is 0 Å². The molecule has 0 aromatic rings. The predicted octanol–water partition coefficient (Wildman–Crippen LogP) is 2.61. The van der Waals surface area contributed by atoms with Crippen LogP contribution in [0.15, 0.2) is 0 Å². The summed E-state index contributed by atoms with van der Waals surface area (Å²) in [6.07, 6.45) is 0.756. The van der Waals surface area contributed by atoms with Crippen molar-refractivity contribution >= 4 is 14.1 Å². The van der Waals surface area contributed by atoms with Crippen LogP contribution in [0, 0.1) is 0 Å². The Morgan fingerprint density at radius 1 is 1.38 bits per heavy atom. The monoisotopic (exact) mass is 199 g/mol. The van der Waals surface area contributed by atoms with Gasteiger partial charge in [0.15, 0.2) is 8.24 Å². The lowest BCUT2D eigenvalue weighted by Crippen LogP contribution is -2.67. The highest BCUT2D eigenvalue weighted by atomic mass is 28.3. The molecule has 0 spiro atoms. The topological polar surface area (TPSA) is 20.3 Å². The minimum absolute atomic E-state index is 0.275. The minimum atomic E-state index is -1.56. The summed E-state index contributed by atoms with van der Waals surface area (Å²) in [5, 5.41) is 0.275. The van der Waals surface area contributed by atoms with Crippen LogP contribution in [0.25, 0.3) is 0 Å². The van der Waals surface area contributed by atoms with Crippen LogP contribution < -0.4 is 0 Å². The Morgan fingerprint density at radius 3 is 2.00 bits per heavy atom. The maximum atomic E-state index is 11.5. The third-order valence-electron chi connectivity index (χ3n) is 3.62. The number of nitrogens with zero attached hydrogens (tertiary/aromatic N) is 1. The van der Waals surface area contributed by atoms with Crippen molar-refractivity contribution in [2.45, 2.75) is 58.3 Å². The fraction of sp³-hybridized carbons (Fsp3) is 0.900. The molecule has 0 aliphatic carbocycles. The first-order chi connectivity index (χ1) is 5.68. The summed E-state index contributed by atoms with van der Waals surface area (Å²) in [5.74, 6) is 0.360. The molecule has 1 fully saturated rings. The van der Waals surface area contributed by atoms with Crippen LogP contribution in [0.4, 0.5) is 0 Å². The molecule has 0 aromatic carbocycles. The Kier molecular flexibility index (Phi) is 2.35. The first-order valence-electron chi connectivity index (χ1n) is 5.00. The molecular formula is C10H21NOSi. The molecule has 2 nitrogen and oxygen atoms in total. The summed E-state index contributed by atoms with van der Waals surface area (Å²) >= 11 is 0. The van der Waals surface area contributed by atoms with Crippen LogP contribution in [0.1, 0.15) is 34.1 Å². The van der Waals surface area contributed by atoms with Gasteiger partial charge in [-0.3, -0.25) is 4.79 Å². The van der Waals surface area contributed by atoms with E-state index in [0.717, 1.165) is 6.42 Å². The van der Waals surface area contributed by atoms with E-state index in [4.69, 9.17) is 0 Å². The number of rotatable bonds is 1. The molecule has 1 rings (SSSR count). The van der Waals surface area contributed by atoms with Gasteiger partial charge in [0.2, 0.25) is 5.91 Å². The van der Waals surface area contributed by atoms with E-state index in [1.165, 1.54) is 0 Å². The highest BCUT2D eigenvalue weighted by molar-refractivity contribution is 6.79. The molecule has 1 aliphatic rings. The molecule has 1 saturated heterocycles. The van der Waals surface area contributed by atoms with Gasteiger partial charge in [0, 0.05) is 12.5 Å². The van der Waals surface area contributed by atoms with E-state index >= 15 is 0 Å². The van der Waals surface area contributed by atoms with E-state index in [1.54, 1.807) is 0 Å². The summed E-state index contributed by atoms with van der Waals surface area (Å²) < 4.78 is 2.16. The molecule has 0 unspecified atom stereocenters. The fourth-order valence-electron chi connectivity index (χ4n) is 1.80. The van der Waals surface area contributed by atoms with Crippen molar-refractivity contribution in [2.75, 3.05) is 0 Å². The molecule has 3 heteroatoms. The molecule has 0 aromatic heterocycles. The standard InChI is InChI=1S/C10H21NOSi/c1-8-7-9(12)11(8)13(5,6)10(2,3)4/h8H,7H2,1-6H3/t8-/m1/s1. The second kappa shape index (κ2) is 2.84. The second-order valence-electron chi connectivity index (χ2n) is 5.63. The summed E-state index contributed by atoms with van der Waals surface area (Å²) in [6.45, 7) is 13.5. The van der Waals surface area contributed by atoms with Crippen LogP contribution in [-0.4, -0.2) is 24.7 Å². The molecule has 1 amide bonds. The quantitative estimate of drug-likeness (QED) is 0.469. The van der Waals surface area contributed by atoms with Crippen molar-refractivity contribution in [2.24, 2.45) is 0 Å². The van der Waals surface area contributed by atoms with Gasteiger partial charge in [-0.2, -0.15) is 0 Å². The number of carbonyl (C=O) groups excluding carboxylic acids is 1. The molecule has 76 valence electrons. The summed E-state index contributed by atoms with van der Waals surface area (Å²) in [7, 11) is -1.56. The van der Waals surface area contributed by atoms with E-state index in [0.29, 0.717) is 11.9 Å². The third kappa shape index (κ3) is 1.54. The van der Waals surface area contributed by atoms with Gasteiger partial charge in [-0.1, -0.05) is 33.9 Å². The predicted molar refractivity (Wildman–Crippen MR) is 58.1 cm³/mol. The van der Waals surface area contributed by atoms with Gasteiger partial charge in [0.05, 0.1) is 0 Å². The SMILES string of the molecule is C[C@@H]1CC(=O)N1[Si](C)(C)C(C)(C)C. The largest absolute Gasteiger partial charge is 0.366 e. The highest BCUT2D eigenvalue weighted by Gasteiger charge is 2.49. The number of hydrogen-bond acceptors (Lipinski definition) is 1. The van der Waals surface area contributed by atoms with Crippen LogP contribution in [-0.2, 0) is 4.79 Å². The molecule has 1 heterocycles. The van der Waals surface area contributed by atoms with E-state index in [-0.39, 0.29) is 5.04 Å². The highest BCUT2D eigenvalue weighted by Crippen LogP contribution is 2.42. The lowest BCUT2D eigenvalue weighted by molar-refractivity contribution is -0.138. The first-order valence-corrected chi connectivity index (χ1v) is 7.95. The fourth-order valence-corrected chi connectivity index (χ4v) is 4.43. The lowest BCUT2D eigenvalue weighted by Gasteiger charge is -2.54. The van der Waals surface area contributed by atoms with Crippen molar-refractivity contribution < 1.29 is 4.79 Å². The zero-order valence-electron chi connectivity index (χ0n) is 9.64. The van der Waals surface area contributed by atoms with Gasteiger partial charge >= 0.3 is 0 Å². The van der Waals surface area contributed by atoms with Gasteiger partial charge in [-0.05, 0) is 12.0 Å². The number of amides is 1. The van der Waals surface area contributed by atoms with Gasteiger partial charge in [0.1, 0.15) is 0 Å². The molecule has 0 radical (unpaired) electrons. The Morgan fingerprint density at radius 2 is 1.85 bits per heavy atom. The third-order valence-corrected chi connectivity index (χ3v) is 9.18. The Bertz CT molecular complexity index is 230. The molecule has 1 aliphatic heterocycles. The maximum Gasteiger partial charge on any atom is 0.216 e. The van der Waals surface area contributed by atoms with Gasteiger partial charge < -0.3 is 4.57 Å². The van der Waals surface area contributed by atoms with E-state index in [9.17, 15) is 4.79 Å². The van der Waals surface area contributed by atoms with Crippen molar-refractivity contribution in [3.63, 3.8) is 0 Å². The Labute approximate surface area is 82.4 Å². The van der Waals surface area contributed by atoms with E-state index in [2.05, 4.69) is 45.4 Å². The van der Waals surface area contributed by atoms with E-state index in [1.807, 2.05) is 0 Å². The molecule has 0 N–H and O–H groups in total. The van der Waals surface area contributed by atoms with E-state index < -0.39 is 8.24 Å². The van der Waals surface area contributed by atoms with Gasteiger partial charge in [-0.15, -0.1) is 0 Å². The molecule has 0 bridgehead atoms. The van der Waals surface area contributed by atoms with Crippen molar-refractivity contribution in [1.82, 2.24) is 4.57 Å². The number of β-lactam (4-membered cyclic amide) rings is 1. The normalized spacial score (nSPS) is 24.6. The second-order valence-corrected chi connectivity index (χ2v) is 10.7. The number of carbonyl (C=O) groups is 1. The van der Waals surface area contributed by atoms with Crippen LogP contribution in [0.5, 0.6) is 0 Å². The first kappa shape index (κ1) is 10.8. The maximum absolute atomic E-state index is 11.5. The molecule has 1 atom stereocenters. The average Bonchev–Trinajstić information content (AvgIpc) is 1.82. The Hall–Kier alpha value is -0.313. The van der Waals surface area contributed by atoms with Crippen molar-refractivity contribution in [1.29, 1.82) is 0 Å². The Balaban J connectivity index is 2.87. The summed E-state index contributed by atoms with van der Waals surface area (Å²) in [5.41, 5.74) is 0. The number of hydrogen-bond donors (Lipinski definition) is 0. The zero-order valence-corrected chi connectivity index (χ0v) is 10.6. The van der Waals surface area contributed by atoms with Crippen LogP contribution in [0.2, 0.25) is 18.1 Å². The molecule has 0 saturated carbocycles. The van der Waals surface area contributed by atoms with Gasteiger partial charge in [0.25, 0.3) is 0 Å². The molecule has 13 heavy (non-hydrogen) atoms. The summed E-state index contributed by atoms with van der Waals surface area (Å²) in [4.78, 5) is 11.5. The smallest absolute Gasteiger partial charge is 0.216 e. The van der Waals surface area contributed by atoms with Crippen molar-refractivity contribution in [3.8, 4) is 0 Å². The zero-order chi connectivity index (χ0) is 10.4. The molecular weight excluding hydrogens is 178 g/mol. The summed E-state index contributed by atoms with van der Waals surface area (Å²) in [6, 6.07) is 0.480. The van der Waals surface area contributed by atoms with Crippen LogP contribution >= 0.6 is 0 Å². The van der Waals surface area contributed by atoms with Gasteiger partial charge in [-0.25, -0.2) is 0 Å². The lowest BCUT2D eigenvalue weighted by atomic mass is 10.1. The minimum Gasteiger partial charge on any atom is -0.366 e. The van der Waals surface area contributed by atoms with Crippen LogP contribution in [0.3, 0.4) is 0 Å². The average molecular weight is 199 g/mol.